The minimum atomic E-state index is 0.326. The average Bonchev–Trinajstić information content (AvgIpc) is 2.25. The maximum Gasteiger partial charge on any atom is 0.0652 e. The second-order valence-corrected chi connectivity index (χ2v) is 5.84. The summed E-state index contributed by atoms with van der Waals surface area (Å²) in [5, 5.41) is 3.83. The maximum absolute atomic E-state index is 5.48. The van der Waals surface area contributed by atoms with Crippen LogP contribution in [-0.4, -0.2) is 25.3 Å². The van der Waals surface area contributed by atoms with Gasteiger partial charge in [-0.05, 0) is 19.3 Å². The molecule has 0 aromatic heterocycles. The van der Waals surface area contributed by atoms with E-state index in [1.165, 1.54) is 38.5 Å². The van der Waals surface area contributed by atoms with Crippen LogP contribution in [0.2, 0.25) is 0 Å². The lowest BCUT2D eigenvalue weighted by Gasteiger charge is -2.52. The Morgan fingerprint density at radius 2 is 1.80 bits per heavy atom. The van der Waals surface area contributed by atoms with Crippen molar-refractivity contribution in [2.24, 2.45) is 5.41 Å². The van der Waals surface area contributed by atoms with E-state index in [0.29, 0.717) is 17.6 Å². The van der Waals surface area contributed by atoms with Crippen LogP contribution >= 0.6 is 0 Å². The van der Waals surface area contributed by atoms with Crippen molar-refractivity contribution in [3.8, 4) is 0 Å². The summed E-state index contributed by atoms with van der Waals surface area (Å²) in [6, 6.07) is 1.45. The van der Waals surface area contributed by atoms with Gasteiger partial charge in [-0.2, -0.15) is 0 Å². The second-order valence-electron chi connectivity index (χ2n) is 5.84. The van der Waals surface area contributed by atoms with E-state index in [2.05, 4.69) is 19.2 Å². The van der Waals surface area contributed by atoms with E-state index in [-0.39, 0.29) is 0 Å². The van der Waals surface area contributed by atoms with E-state index in [1.54, 1.807) is 0 Å². The van der Waals surface area contributed by atoms with Gasteiger partial charge in [0.25, 0.3) is 0 Å². The van der Waals surface area contributed by atoms with Gasteiger partial charge in [-0.1, -0.05) is 33.1 Å². The van der Waals surface area contributed by atoms with E-state index in [4.69, 9.17) is 4.74 Å². The standard InChI is InChI=1S/C13H25NO/c1-13(2)11(9-12(13)15-3)14-10-7-5-4-6-8-10/h10-12,14H,4-9H2,1-3H3. The van der Waals surface area contributed by atoms with Crippen molar-refractivity contribution in [2.45, 2.75) is 70.6 Å². The van der Waals surface area contributed by atoms with Crippen molar-refractivity contribution in [3.05, 3.63) is 0 Å². The van der Waals surface area contributed by atoms with Crippen LogP contribution in [0.3, 0.4) is 0 Å². The first kappa shape index (κ1) is 11.4. The fourth-order valence-electron chi connectivity index (χ4n) is 3.12. The smallest absolute Gasteiger partial charge is 0.0652 e. The van der Waals surface area contributed by atoms with Gasteiger partial charge in [0.05, 0.1) is 6.10 Å². The Labute approximate surface area is 93.8 Å². The topological polar surface area (TPSA) is 21.3 Å². The zero-order chi connectivity index (χ0) is 10.9. The Kier molecular flexibility index (Phi) is 3.36. The molecule has 0 heterocycles. The van der Waals surface area contributed by atoms with Gasteiger partial charge < -0.3 is 10.1 Å². The molecular formula is C13H25NO. The minimum absolute atomic E-state index is 0.326. The van der Waals surface area contributed by atoms with Crippen molar-refractivity contribution < 1.29 is 4.74 Å². The maximum atomic E-state index is 5.48. The van der Waals surface area contributed by atoms with Gasteiger partial charge in [0.1, 0.15) is 0 Å². The quantitative estimate of drug-likeness (QED) is 0.775. The van der Waals surface area contributed by atoms with Gasteiger partial charge >= 0.3 is 0 Å². The first-order valence-electron chi connectivity index (χ1n) is 6.43. The van der Waals surface area contributed by atoms with Crippen molar-refractivity contribution in [1.29, 1.82) is 0 Å². The summed E-state index contributed by atoms with van der Waals surface area (Å²) in [6.07, 6.45) is 8.68. The molecule has 2 atom stereocenters. The molecule has 2 fully saturated rings. The highest BCUT2D eigenvalue weighted by molar-refractivity contribution is 5.03. The number of hydrogen-bond acceptors (Lipinski definition) is 2. The van der Waals surface area contributed by atoms with E-state index in [1.807, 2.05) is 7.11 Å². The number of rotatable bonds is 3. The van der Waals surface area contributed by atoms with Crippen LogP contribution in [0, 0.1) is 5.41 Å². The lowest BCUT2D eigenvalue weighted by Crippen LogP contribution is -2.62. The molecule has 0 amide bonds. The predicted octanol–water partition coefficient (Wildman–Crippen LogP) is 2.72. The highest BCUT2D eigenvalue weighted by Gasteiger charge is 2.48. The molecule has 2 aliphatic carbocycles. The molecule has 0 aliphatic heterocycles. The highest BCUT2D eigenvalue weighted by Crippen LogP contribution is 2.43. The van der Waals surface area contributed by atoms with E-state index in [9.17, 15) is 0 Å². The zero-order valence-corrected chi connectivity index (χ0v) is 10.4. The van der Waals surface area contributed by atoms with Crippen molar-refractivity contribution >= 4 is 0 Å². The van der Waals surface area contributed by atoms with E-state index >= 15 is 0 Å². The molecule has 1 N–H and O–H groups in total. The molecule has 2 unspecified atom stereocenters. The van der Waals surface area contributed by atoms with Crippen LogP contribution in [0.4, 0.5) is 0 Å². The molecule has 2 rings (SSSR count). The Hall–Kier alpha value is -0.0800. The van der Waals surface area contributed by atoms with Crippen molar-refractivity contribution in [3.63, 3.8) is 0 Å². The van der Waals surface area contributed by atoms with Crippen LogP contribution in [0.25, 0.3) is 0 Å². The van der Waals surface area contributed by atoms with Crippen LogP contribution in [0.15, 0.2) is 0 Å². The Morgan fingerprint density at radius 3 is 2.33 bits per heavy atom. The molecule has 88 valence electrons. The van der Waals surface area contributed by atoms with Crippen LogP contribution in [0.5, 0.6) is 0 Å². The number of methoxy groups -OCH3 is 1. The summed E-state index contributed by atoms with van der Waals surface area (Å²) in [6.45, 7) is 4.65. The van der Waals surface area contributed by atoms with Gasteiger partial charge in [-0.15, -0.1) is 0 Å². The minimum Gasteiger partial charge on any atom is -0.381 e. The molecule has 2 saturated carbocycles. The molecule has 0 radical (unpaired) electrons. The van der Waals surface area contributed by atoms with Gasteiger partial charge in [-0.25, -0.2) is 0 Å². The molecule has 15 heavy (non-hydrogen) atoms. The van der Waals surface area contributed by atoms with Crippen LogP contribution in [-0.2, 0) is 4.74 Å². The Morgan fingerprint density at radius 1 is 1.13 bits per heavy atom. The third-order valence-electron chi connectivity index (χ3n) is 4.50. The summed E-state index contributed by atoms with van der Waals surface area (Å²) >= 11 is 0. The molecule has 0 aromatic rings. The lowest BCUT2D eigenvalue weighted by atomic mass is 9.64. The first-order valence-corrected chi connectivity index (χ1v) is 6.43. The second kappa shape index (κ2) is 4.42. The fourth-order valence-corrected chi connectivity index (χ4v) is 3.12. The number of nitrogens with one attached hydrogen (secondary N) is 1. The summed E-state index contributed by atoms with van der Waals surface area (Å²) in [5.41, 5.74) is 0.326. The summed E-state index contributed by atoms with van der Waals surface area (Å²) in [7, 11) is 1.84. The summed E-state index contributed by atoms with van der Waals surface area (Å²) in [4.78, 5) is 0. The third-order valence-corrected chi connectivity index (χ3v) is 4.50. The molecule has 0 spiro atoms. The van der Waals surface area contributed by atoms with E-state index in [0.717, 1.165) is 6.04 Å². The molecule has 2 nitrogen and oxygen atoms in total. The van der Waals surface area contributed by atoms with Crippen molar-refractivity contribution in [2.75, 3.05) is 7.11 Å². The van der Waals surface area contributed by atoms with Crippen LogP contribution < -0.4 is 5.32 Å². The van der Waals surface area contributed by atoms with E-state index < -0.39 is 0 Å². The molecule has 0 aromatic carbocycles. The molecule has 0 bridgehead atoms. The third kappa shape index (κ3) is 2.21. The molecule has 2 aliphatic rings. The zero-order valence-electron chi connectivity index (χ0n) is 10.4. The predicted molar refractivity (Wildman–Crippen MR) is 63.0 cm³/mol. The summed E-state index contributed by atoms with van der Waals surface area (Å²) < 4.78 is 5.48. The fraction of sp³-hybridized carbons (Fsp3) is 1.00. The highest BCUT2D eigenvalue weighted by atomic mass is 16.5. The Balaban J connectivity index is 1.81. The number of ether oxygens (including phenoxy) is 1. The molecule has 2 heteroatoms. The van der Waals surface area contributed by atoms with Crippen molar-refractivity contribution in [1.82, 2.24) is 5.32 Å². The van der Waals surface area contributed by atoms with Crippen LogP contribution in [0.1, 0.15) is 52.4 Å². The van der Waals surface area contributed by atoms with Gasteiger partial charge in [0.15, 0.2) is 0 Å². The average molecular weight is 211 g/mol. The summed E-state index contributed by atoms with van der Waals surface area (Å²) in [5.74, 6) is 0. The lowest BCUT2D eigenvalue weighted by molar-refractivity contribution is -0.101. The number of hydrogen-bond donors (Lipinski definition) is 1. The Bertz CT molecular complexity index is 209. The van der Waals surface area contributed by atoms with Gasteiger partial charge in [-0.3, -0.25) is 0 Å². The first-order chi connectivity index (χ1) is 7.14. The monoisotopic (exact) mass is 211 g/mol. The van der Waals surface area contributed by atoms with Gasteiger partial charge in [0, 0.05) is 24.6 Å². The largest absolute Gasteiger partial charge is 0.381 e. The normalized spacial score (nSPS) is 36.2. The SMILES string of the molecule is COC1CC(NC2CCCCC2)C1(C)C. The van der Waals surface area contributed by atoms with Gasteiger partial charge in [0.2, 0.25) is 0 Å². The molecule has 0 saturated heterocycles. The molecular weight excluding hydrogens is 186 g/mol.